The van der Waals surface area contributed by atoms with Crippen molar-refractivity contribution in [3.63, 3.8) is 0 Å². The van der Waals surface area contributed by atoms with Crippen LogP contribution in [0.4, 0.5) is 13.2 Å². The number of carbonyl (C=O) groups is 3. The Bertz CT molecular complexity index is 816. The van der Waals surface area contributed by atoms with E-state index >= 15 is 0 Å². The average Bonchev–Trinajstić information content (AvgIpc) is 3.03. The maximum Gasteiger partial charge on any atom is 0.416 e. The minimum absolute atomic E-state index is 0.0589. The first kappa shape index (κ1) is 19.4. The Morgan fingerprint density at radius 3 is 2.23 bits per heavy atom. The number of benzene rings is 1. The van der Waals surface area contributed by atoms with Gasteiger partial charge in [0.25, 0.3) is 17.7 Å². The molecule has 3 N–H and O–H groups in total. The van der Waals surface area contributed by atoms with Crippen molar-refractivity contribution >= 4 is 29.1 Å². The molecule has 0 spiro atoms. The van der Waals surface area contributed by atoms with Crippen molar-refractivity contribution in [1.29, 1.82) is 0 Å². The number of carbonyl (C=O) groups excluding carboxylic acids is 3. The Balaban J connectivity index is 1.79. The molecule has 0 aliphatic rings. The molecule has 0 bridgehead atoms. The molecule has 0 saturated heterocycles. The fourth-order valence-corrected chi connectivity index (χ4v) is 2.67. The zero-order valence-electron chi connectivity index (χ0n) is 13.4. The molecule has 6 nitrogen and oxygen atoms in total. The Hall–Kier alpha value is -2.88. The predicted octanol–water partition coefficient (Wildman–Crippen LogP) is 2.27. The van der Waals surface area contributed by atoms with Crippen molar-refractivity contribution in [2.75, 3.05) is 6.54 Å². The van der Waals surface area contributed by atoms with E-state index < -0.39 is 29.5 Å². The number of amides is 3. The Kier molecular flexibility index (Phi) is 5.98. The van der Waals surface area contributed by atoms with Crippen LogP contribution in [0.1, 0.15) is 31.2 Å². The summed E-state index contributed by atoms with van der Waals surface area (Å²) >= 11 is 1.23. The monoisotopic (exact) mass is 385 g/mol. The summed E-state index contributed by atoms with van der Waals surface area (Å²) in [7, 11) is 0. The second-order valence-corrected chi connectivity index (χ2v) is 6.16. The highest BCUT2D eigenvalue weighted by atomic mass is 32.1. The SMILES string of the molecule is Cc1csc(C(=O)NCC(=O)NNC(=O)c2ccc(C(F)(F)F)cc2)c1. The number of hydrogen-bond donors (Lipinski definition) is 3. The normalized spacial score (nSPS) is 10.9. The minimum Gasteiger partial charge on any atom is -0.342 e. The summed E-state index contributed by atoms with van der Waals surface area (Å²) in [5, 5.41) is 4.17. The zero-order chi connectivity index (χ0) is 19.3. The molecule has 2 rings (SSSR count). The zero-order valence-corrected chi connectivity index (χ0v) is 14.3. The topological polar surface area (TPSA) is 87.3 Å². The summed E-state index contributed by atoms with van der Waals surface area (Å²) in [6.45, 7) is 1.46. The second-order valence-electron chi connectivity index (χ2n) is 5.25. The smallest absolute Gasteiger partial charge is 0.342 e. The molecule has 0 unspecified atom stereocenters. The van der Waals surface area contributed by atoms with Crippen LogP contribution in [-0.4, -0.2) is 24.3 Å². The summed E-state index contributed by atoms with van der Waals surface area (Å²) < 4.78 is 37.4. The first-order valence-electron chi connectivity index (χ1n) is 7.26. The van der Waals surface area contributed by atoms with E-state index in [1.807, 2.05) is 6.92 Å². The quantitative estimate of drug-likeness (QED) is 0.706. The molecule has 1 aromatic heterocycles. The van der Waals surface area contributed by atoms with Gasteiger partial charge in [-0.15, -0.1) is 11.3 Å². The highest BCUT2D eigenvalue weighted by Gasteiger charge is 2.30. The summed E-state index contributed by atoms with van der Waals surface area (Å²) in [6, 6.07) is 5.18. The first-order valence-corrected chi connectivity index (χ1v) is 8.14. The van der Waals surface area contributed by atoms with Crippen LogP contribution in [0.25, 0.3) is 0 Å². The van der Waals surface area contributed by atoms with Crippen LogP contribution in [0, 0.1) is 6.92 Å². The molecule has 0 saturated carbocycles. The van der Waals surface area contributed by atoms with Crippen molar-refractivity contribution in [1.82, 2.24) is 16.2 Å². The van der Waals surface area contributed by atoms with Crippen molar-refractivity contribution in [3.05, 3.63) is 57.3 Å². The van der Waals surface area contributed by atoms with Crippen LogP contribution in [0.5, 0.6) is 0 Å². The van der Waals surface area contributed by atoms with E-state index in [0.717, 1.165) is 29.8 Å². The van der Waals surface area contributed by atoms with Gasteiger partial charge >= 0.3 is 6.18 Å². The van der Waals surface area contributed by atoms with Crippen LogP contribution < -0.4 is 16.2 Å². The number of aryl methyl sites for hydroxylation is 1. The van der Waals surface area contributed by atoms with Crippen LogP contribution in [-0.2, 0) is 11.0 Å². The molecule has 0 radical (unpaired) electrons. The molecular weight excluding hydrogens is 371 g/mol. The highest BCUT2D eigenvalue weighted by Crippen LogP contribution is 2.29. The van der Waals surface area contributed by atoms with Crippen LogP contribution in [0.15, 0.2) is 35.7 Å². The van der Waals surface area contributed by atoms with Gasteiger partial charge < -0.3 is 5.32 Å². The number of rotatable bonds is 4. The van der Waals surface area contributed by atoms with Crippen molar-refractivity contribution in [2.45, 2.75) is 13.1 Å². The molecule has 1 heterocycles. The number of hydrogen-bond acceptors (Lipinski definition) is 4. The first-order chi connectivity index (χ1) is 12.2. The molecule has 138 valence electrons. The van der Waals surface area contributed by atoms with Crippen molar-refractivity contribution < 1.29 is 27.6 Å². The lowest BCUT2D eigenvalue weighted by molar-refractivity contribution is -0.137. The van der Waals surface area contributed by atoms with Gasteiger partial charge in [0.1, 0.15) is 0 Å². The third-order valence-corrected chi connectivity index (χ3v) is 4.20. The fourth-order valence-electron chi connectivity index (χ4n) is 1.85. The lowest BCUT2D eigenvalue weighted by atomic mass is 10.1. The van der Waals surface area contributed by atoms with E-state index in [1.165, 1.54) is 11.3 Å². The minimum atomic E-state index is -4.50. The number of alkyl halides is 3. The van der Waals surface area contributed by atoms with Gasteiger partial charge in [-0.25, -0.2) is 0 Å². The average molecular weight is 385 g/mol. The van der Waals surface area contributed by atoms with Crippen LogP contribution >= 0.6 is 11.3 Å². The second kappa shape index (κ2) is 8.00. The van der Waals surface area contributed by atoms with Gasteiger partial charge in [-0.2, -0.15) is 13.2 Å². The van der Waals surface area contributed by atoms with Crippen LogP contribution in [0.2, 0.25) is 0 Å². The van der Waals surface area contributed by atoms with E-state index in [4.69, 9.17) is 0 Å². The Morgan fingerprint density at radius 1 is 1.04 bits per heavy atom. The van der Waals surface area contributed by atoms with E-state index in [-0.39, 0.29) is 12.1 Å². The van der Waals surface area contributed by atoms with E-state index in [2.05, 4.69) is 16.2 Å². The third-order valence-electron chi connectivity index (χ3n) is 3.15. The Labute approximate surface area is 150 Å². The maximum absolute atomic E-state index is 12.5. The van der Waals surface area contributed by atoms with Gasteiger partial charge in [0, 0.05) is 5.56 Å². The van der Waals surface area contributed by atoms with Gasteiger partial charge in [0.05, 0.1) is 17.0 Å². The molecule has 0 aliphatic carbocycles. The molecule has 0 atom stereocenters. The number of halogens is 3. The standard InChI is InChI=1S/C16H14F3N3O3S/c1-9-6-12(26-8-9)15(25)20-7-13(23)21-22-14(24)10-2-4-11(5-3-10)16(17,18)19/h2-6,8H,7H2,1H3,(H,20,25)(H,21,23)(H,22,24). The molecule has 2 aromatic rings. The molecule has 1 aromatic carbocycles. The van der Waals surface area contributed by atoms with Gasteiger partial charge in [-0.05, 0) is 48.2 Å². The van der Waals surface area contributed by atoms with Crippen molar-refractivity contribution in [2.24, 2.45) is 0 Å². The molecule has 0 fully saturated rings. The maximum atomic E-state index is 12.5. The predicted molar refractivity (Wildman–Crippen MR) is 88.4 cm³/mol. The van der Waals surface area contributed by atoms with Gasteiger partial charge in [-0.3, -0.25) is 25.2 Å². The number of thiophene rings is 1. The lowest BCUT2D eigenvalue weighted by Crippen LogP contribution is -2.46. The summed E-state index contributed by atoms with van der Waals surface area (Å²) in [6.07, 6.45) is -4.50. The molecule has 3 amide bonds. The van der Waals surface area contributed by atoms with Crippen molar-refractivity contribution in [3.8, 4) is 0 Å². The number of nitrogens with one attached hydrogen (secondary N) is 3. The molecule has 0 aliphatic heterocycles. The third kappa shape index (κ3) is 5.31. The van der Waals surface area contributed by atoms with Gasteiger partial charge in [0.15, 0.2) is 0 Å². The van der Waals surface area contributed by atoms with E-state index in [9.17, 15) is 27.6 Å². The highest BCUT2D eigenvalue weighted by molar-refractivity contribution is 7.12. The molecule has 26 heavy (non-hydrogen) atoms. The largest absolute Gasteiger partial charge is 0.416 e. The summed E-state index contributed by atoms with van der Waals surface area (Å²) in [5.41, 5.74) is 4.10. The Morgan fingerprint density at radius 2 is 1.69 bits per heavy atom. The fraction of sp³-hybridized carbons (Fsp3) is 0.188. The lowest BCUT2D eigenvalue weighted by Gasteiger charge is -2.09. The summed E-state index contributed by atoms with van der Waals surface area (Å²) in [4.78, 5) is 35.6. The van der Waals surface area contributed by atoms with E-state index in [0.29, 0.717) is 4.88 Å². The van der Waals surface area contributed by atoms with Gasteiger partial charge in [-0.1, -0.05) is 0 Å². The van der Waals surface area contributed by atoms with Crippen LogP contribution in [0.3, 0.4) is 0 Å². The van der Waals surface area contributed by atoms with E-state index in [1.54, 1.807) is 11.4 Å². The van der Waals surface area contributed by atoms with Gasteiger partial charge in [0.2, 0.25) is 0 Å². The number of hydrazine groups is 1. The summed E-state index contributed by atoms with van der Waals surface area (Å²) in [5.74, 6) is -1.90. The molecule has 10 heteroatoms. The molecular formula is C16H14F3N3O3S.